The number of carbonyl (C=O) groups excluding carboxylic acids is 2. The molecule has 1 rings (SSSR count). The molecule has 4 nitrogen and oxygen atoms in total. The van der Waals surface area contributed by atoms with Gasteiger partial charge in [0.05, 0.1) is 6.54 Å². The monoisotopic (exact) mass is 197 g/mol. The summed E-state index contributed by atoms with van der Waals surface area (Å²) in [4.78, 5) is 23.8. The van der Waals surface area contributed by atoms with Crippen LogP contribution in [0.4, 0.5) is 4.79 Å². The van der Waals surface area contributed by atoms with E-state index in [-0.39, 0.29) is 5.91 Å². The number of carbonyl (C=O) groups is 2. The van der Waals surface area contributed by atoms with E-state index in [1.807, 2.05) is 6.92 Å². The van der Waals surface area contributed by atoms with E-state index in [0.717, 1.165) is 11.3 Å². The Balaban J connectivity index is 2.67. The Kier molecular flexibility index (Phi) is 2.93. The van der Waals surface area contributed by atoms with Crippen molar-refractivity contribution >= 4 is 12.0 Å². The second kappa shape index (κ2) is 3.82. The molecular weight excluding hydrogens is 182 g/mol. The van der Waals surface area contributed by atoms with Gasteiger partial charge in [0.15, 0.2) is 0 Å². The summed E-state index contributed by atoms with van der Waals surface area (Å²) < 4.78 is 4.99. The van der Waals surface area contributed by atoms with Crippen LogP contribution in [0.2, 0.25) is 0 Å². The quantitative estimate of drug-likeness (QED) is 0.633. The van der Waals surface area contributed by atoms with Gasteiger partial charge in [-0.15, -0.1) is 0 Å². The fourth-order valence-electron chi connectivity index (χ4n) is 1.25. The van der Waals surface area contributed by atoms with Gasteiger partial charge in [-0.25, -0.2) is 9.69 Å². The molecule has 14 heavy (non-hydrogen) atoms. The van der Waals surface area contributed by atoms with Crippen LogP contribution in [0.5, 0.6) is 0 Å². The van der Waals surface area contributed by atoms with Crippen LogP contribution in [0.15, 0.2) is 12.2 Å². The van der Waals surface area contributed by atoms with Gasteiger partial charge >= 0.3 is 6.09 Å². The fraction of sp³-hybridized carbons (Fsp3) is 0.600. The van der Waals surface area contributed by atoms with E-state index in [1.54, 1.807) is 19.9 Å². The molecule has 0 aliphatic carbocycles. The summed E-state index contributed by atoms with van der Waals surface area (Å²) in [5, 5.41) is 0. The van der Waals surface area contributed by atoms with Crippen LogP contribution in [0, 0.1) is 0 Å². The van der Waals surface area contributed by atoms with Gasteiger partial charge in [-0.1, -0.05) is 13.0 Å². The topological polar surface area (TPSA) is 46.6 Å². The van der Waals surface area contributed by atoms with Gasteiger partial charge in [0, 0.05) is 0 Å². The van der Waals surface area contributed by atoms with Crippen LogP contribution in [0.1, 0.15) is 27.2 Å². The smallest absolute Gasteiger partial charge is 0.417 e. The highest BCUT2D eigenvalue weighted by Gasteiger charge is 2.40. The summed E-state index contributed by atoms with van der Waals surface area (Å²) in [6.07, 6.45) is 3.35. The van der Waals surface area contributed by atoms with E-state index in [9.17, 15) is 9.59 Å². The third-order valence-corrected chi connectivity index (χ3v) is 1.89. The molecule has 1 fully saturated rings. The van der Waals surface area contributed by atoms with Crippen molar-refractivity contribution in [1.29, 1.82) is 0 Å². The maximum absolute atomic E-state index is 11.4. The van der Waals surface area contributed by atoms with Crippen molar-refractivity contribution < 1.29 is 14.3 Å². The van der Waals surface area contributed by atoms with Crippen molar-refractivity contribution in [2.24, 2.45) is 0 Å². The van der Waals surface area contributed by atoms with Crippen LogP contribution in [0.25, 0.3) is 0 Å². The van der Waals surface area contributed by atoms with Crippen molar-refractivity contribution in [2.75, 3.05) is 6.54 Å². The maximum atomic E-state index is 11.4. The number of hydrogen-bond donors (Lipinski definition) is 0. The van der Waals surface area contributed by atoms with Crippen LogP contribution < -0.4 is 0 Å². The van der Waals surface area contributed by atoms with Gasteiger partial charge in [-0.3, -0.25) is 4.79 Å². The number of allylic oxidation sites excluding steroid dienone is 1. The molecular formula is C10H15NO3. The SMILES string of the molecule is CCC=CC(=O)N1CC(C)(C)OC1=O. The maximum Gasteiger partial charge on any atom is 0.417 e. The fourth-order valence-corrected chi connectivity index (χ4v) is 1.25. The zero-order chi connectivity index (χ0) is 10.8. The van der Waals surface area contributed by atoms with Gasteiger partial charge in [0.1, 0.15) is 5.60 Å². The average molecular weight is 197 g/mol. The molecule has 0 N–H and O–H groups in total. The number of imide groups is 1. The molecule has 0 atom stereocenters. The highest BCUT2D eigenvalue weighted by atomic mass is 16.6. The summed E-state index contributed by atoms with van der Waals surface area (Å²) in [5.74, 6) is -0.303. The number of amides is 2. The van der Waals surface area contributed by atoms with Crippen molar-refractivity contribution in [3.63, 3.8) is 0 Å². The minimum atomic E-state index is -0.563. The molecule has 0 unspecified atom stereocenters. The largest absolute Gasteiger partial charge is 0.441 e. The molecule has 0 radical (unpaired) electrons. The molecule has 1 saturated heterocycles. The summed E-state index contributed by atoms with van der Waals surface area (Å²) in [6.45, 7) is 5.80. The van der Waals surface area contributed by atoms with Gasteiger partial charge in [-0.05, 0) is 26.3 Å². The van der Waals surface area contributed by atoms with E-state index in [1.165, 1.54) is 6.08 Å². The van der Waals surface area contributed by atoms with E-state index in [4.69, 9.17) is 4.74 Å². The molecule has 0 spiro atoms. The lowest BCUT2D eigenvalue weighted by Gasteiger charge is -2.13. The van der Waals surface area contributed by atoms with Crippen molar-refractivity contribution in [2.45, 2.75) is 32.8 Å². The summed E-state index contributed by atoms with van der Waals surface area (Å²) in [6, 6.07) is 0. The highest BCUT2D eigenvalue weighted by molar-refractivity contribution is 5.99. The second-order valence-corrected chi connectivity index (χ2v) is 3.86. The Morgan fingerprint density at radius 1 is 1.64 bits per heavy atom. The Labute approximate surface area is 83.5 Å². The first-order valence-electron chi connectivity index (χ1n) is 4.67. The summed E-state index contributed by atoms with van der Waals surface area (Å²) in [5.41, 5.74) is -0.563. The average Bonchev–Trinajstić information content (AvgIpc) is 2.35. The Bertz CT molecular complexity index is 281. The lowest BCUT2D eigenvalue weighted by molar-refractivity contribution is -0.122. The zero-order valence-electron chi connectivity index (χ0n) is 8.74. The predicted octanol–water partition coefficient (Wildman–Crippen LogP) is 1.71. The molecule has 0 bridgehead atoms. The first kappa shape index (κ1) is 10.8. The number of hydrogen-bond acceptors (Lipinski definition) is 3. The van der Waals surface area contributed by atoms with Gasteiger partial charge in [0.25, 0.3) is 5.91 Å². The van der Waals surface area contributed by atoms with Crippen LogP contribution in [0.3, 0.4) is 0 Å². The summed E-state index contributed by atoms with van der Waals surface area (Å²) >= 11 is 0. The molecule has 2 amide bonds. The third-order valence-electron chi connectivity index (χ3n) is 1.89. The Hall–Kier alpha value is -1.32. The summed E-state index contributed by atoms with van der Waals surface area (Å²) in [7, 11) is 0. The van der Waals surface area contributed by atoms with E-state index >= 15 is 0 Å². The lowest BCUT2D eigenvalue weighted by Crippen LogP contribution is -2.32. The molecule has 0 aromatic rings. The first-order valence-corrected chi connectivity index (χ1v) is 4.67. The molecule has 4 heteroatoms. The minimum absolute atomic E-state index is 0.303. The van der Waals surface area contributed by atoms with E-state index in [0.29, 0.717) is 6.54 Å². The molecule has 0 saturated carbocycles. The van der Waals surface area contributed by atoms with Crippen LogP contribution in [-0.4, -0.2) is 29.0 Å². The number of nitrogens with zero attached hydrogens (tertiary/aromatic N) is 1. The highest BCUT2D eigenvalue weighted by Crippen LogP contribution is 2.21. The van der Waals surface area contributed by atoms with Crippen molar-refractivity contribution in [3.05, 3.63) is 12.2 Å². The Morgan fingerprint density at radius 3 is 2.71 bits per heavy atom. The van der Waals surface area contributed by atoms with Crippen LogP contribution >= 0.6 is 0 Å². The zero-order valence-corrected chi connectivity index (χ0v) is 8.74. The minimum Gasteiger partial charge on any atom is -0.441 e. The van der Waals surface area contributed by atoms with Crippen molar-refractivity contribution in [3.8, 4) is 0 Å². The first-order chi connectivity index (χ1) is 6.46. The van der Waals surface area contributed by atoms with E-state index in [2.05, 4.69) is 0 Å². The predicted molar refractivity (Wildman–Crippen MR) is 51.7 cm³/mol. The molecule has 78 valence electrons. The van der Waals surface area contributed by atoms with Gasteiger partial charge < -0.3 is 4.74 Å². The molecule has 0 aromatic carbocycles. The van der Waals surface area contributed by atoms with E-state index < -0.39 is 11.7 Å². The van der Waals surface area contributed by atoms with Gasteiger partial charge in [0.2, 0.25) is 0 Å². The lowest BCUT2D eigenvalue weighted by atomic mass is 10.1. The normalized spacial score (nSPS) is 20.2. The Morgan fingerprint density at radius 2 is 2.29 bits per heavy atom. The molecule has 0 aromatic heterocycles. The van der Waals surface area contributed by atoms with Gasteiger partial charge in [-0.2, -0.15) is 0 Å². The number of rotatable bonds is 2. The number of cyclic esters (lactones) is 1. The molecule has 1 aliphatic heterocycles. The second-order valence-electron chi connectivity index (χ2n) is 3.86. The third kappa shape index (κ3) is 2.34. The number of ether oxygens (including phenoxy) is 1. The standard InChI is InChI=1S/C10H15NO3/c1-4-5-6-8(12)11-7-10(2,3)14-9(11)13/h5-6H,4,7H2,1-3H3. The molecule has 1 aliphatic rings. The van der Waals surface area contributed by atoms with Crippen molar-refractivity contribution in [1.82, 2.24) is 4.90 Å². The molecule has 1 heterocycles. The van der Waals surface area contributed by atoms with Crippen LogP contribution in [-0.2, 0) is 9.53 Å².